The summed E-state index contributed by atoms with van der Waals surface area (Å²) in [4.78, 5) is 15.5. The third-order valence-corrected chi connectivity index (χ3v) is 3.44. The molecule has 0 aliphatic rings. The van der Waals surface area contributed by atoms with Crippen LogP contribution in [-0.2, 0) is 0 Å². The van der Waals surface area contributed by atoms with Crippen LogP contribution in [0.15, 0.2) is 48.7 Å². The van der Waals surface area contributed by atoms with Gasteiger partial charge in [-0.05, 0) is 12.1 Å². The molecule has 3 N–H and O–H groups in total. The number of rotatable bonds is 2. The number of nitrogen functional groups attached to an aromatic ring is 1. The molecule has 0 fully saturated rings. The van der Waals surface area contributed by atoms with Crippen LogP contribution in [0.4, 0.5) is 5.69 Å². The maximum Gasteiger partial charge on any atom is 0.195 e. The van der Waals surface area contributed by atoms with Gasteiger partial charge in [-0.15, -0.1) is 0 Å². The van der Waals surface area contributed by atoms with Crippen LogP contribution >= 0.6 is 11.6 Å². The first-order chi connectivity index (χ1) is 9.18. The molecule has 3 nitrogen and oxygen atoms in total. The number of hydrogen-bond donors (Lipinski definition) is 2. The summed E-state index contributed by atoms with van der Waals surface area (Å²) in [6, 6.07) is 12.6. The van der Waals surface area contributed by atoms with Crippen molar-refractivity contribution in [3.63, 3.8) is 0 Å². The van der Waals surface area contributed by atoms with Crippen molar-refractivity contribution in [2.24, 2.45) is 0 Å². The Morgan fingerprint density at radius 1 is 1.11 bits per heavy atom. The van der Waals surface area contributed by atoms with E-state index in [2.05, 4.69) is 4.98 Å². The number of aromatic amines is 1. The summed E-state index contributed by atoms with van der Waals surface area (Å²) in [5.74, 6) is -0.0687. The zero-order valence-corrected chi connectivity index (χ0v) is 10.7. The average molecular weight is 271 g/mol. The van der Waals surface area contributed by atoms with E-state index in [1.807, 2.05) is 24.3 Å². The van der Waals surface area contributed by atoms with Gasteiger partial charge in [0.1, 0.15) is 0 Å². The quantitative estimate of drug-likeness (QED) is 0.552. The summed E-state index contributed by atoms with van der Waals surface area (Å²) in [5, 5.41) is 1.13. The molecule has 3 rings (SSSR count). The second-order valence-corrected chi connectivity index (χ2v) is 4.69. The molecule has 0 radical (unpaired) electrons. The monoisotopic (exact) mass is 270 g/mol. The minimum atomic E-state index is -0.0687. The van der Waals surface area contributed by atoms with Crippen LogP contribution < -0.4 is 5.73 Å². The van der Waals surface area contributed by atoms with E-state index < -0.39 is 0 Å². The summed E-state index contributed by atoms with van der Waals surface area (Å²) in [7, 11) is 0. The molecule has 0 saturated heterocycles. The van der Waals surface area contributed by atoms with Gasteiger partial charge in [0.15, 0.2) is 5.78 Å². The van der Waals surface area contributed by atoms with Crippen LogP contribution in [-0.4, -0.2) is 10.8 Å². The van der Waals surface area contributed by atoms with E-state index in [-0.39, 0.29) is 5.78 Å². The highest BCUT2D eigenvalue weighted by atomic mass is 35.5. The van der Waals surface area contributed by atoms with Gasteiger partial charge in [0.25, 0.3) is 0 Å². The van der Waals surface area contributed by atoms with E-state index in [4.69, 9.17) is 17.3 Å². The van der Waals surface area contributed by atoms with Gasteiger partial charge in [0.05, 0.1) is 10.7 Å². The van der Waals surface area contributed by atoms with Gasteiger partial charge in [-0.25, -0.2) is 0 Å². The molecular formula is C15H11ClN2O. The highest BCUT2D eigenvalue weighted by Gasteiger charge is 2.16. The van der Waals surface area contributed by atoms with Crippen molar-refractivity contribution in [1.82, 2.24) is 4.98 Å². The standard InChI is InChI=1S/C15H11ClN2O/c16-11-6-7-12-13(14(11)17)10(8-18-12)15(19)9-4-2-1-3-5-9/h1-8,18H,17H2. The fourth-order valence-electron chi connectivity index (χ4n) is 2.15. The predicted octanol–water partition coefficient (Wildman–Crippen LogP) is 3.63. The highest BCUT2D eigenvalue weighted by molar-refractivity contribution is 6.35. The molecule has 0 spiro atoms. The van der Waals surface area contributed by atoms with Crippen molar-refractivity contribution in [2.75, 3.05) is 5.73 Å². The largest absolute Gasteiger partial charge is 0.397 e. The molecule has 4 heteroatoms. The molecule has 3 aromatic rings. The fraction of sp³-hybridized carbons (Fsp3) is 0. The SMILES string of the molecule is Nc1c(Cl)ccc2[nH]cc(C(=O)c3ccccc3)c12. The minimum absolute atomic E-state index is 0.0687. The highest BCUT2D eigenvalue weighted by Crippen LogP contribution is 2.31. The Hall–Kier alpha value is -2.26. The van der Waals surface area contributed by atoms with Gasteiger partial charge in [-0.1, -0.05) is 41.9 Å². The summed E-state index contributed by atoms with van der Waals surface area (Å²) >= 11 is 6.02. The lowest BCUT2D eigenvalue weighted by Crippen LogP contribution is -2.01. The third kappa shape index (κ3) is 1.88. The van der Waals surface area contributed by atoms with Crippen LogP contribution in [0, 0.1) is 0 Å². The topological polar surface area (TPSA) is 58.9 Å². The fourth-order valence-corrected chi connectivity index (χ4v) is 2.31. The first-order valence-corrected chi connectivity index (χ1v) is 6.21. The molecule has 0 saturated carbocycles. The number of benzene rings is 2. The molecule has 0 atom stereocenters. The Morgan fingerprint density at radius 3 is 2.58 bits per heavy atom. The Morgan fingerprint density at radius 2 is 1.84 bits per heavy atom. The van der Waals surface area contributed by atoms with Gasteiger partial charge in [0, 0.05) is 28.2 Å². The Balaban J connectivity index is 2.21. The number of H-pyrrole nitrogens is 1. The second-order valence-electron chi connectivity index (χ2n) is 4.28. The van der Waals surface area contributed by atoms with Crippen molar-refractivity contribution in [2.45, 2.75) is 0 Å². The number of carbonyl (C=O) groups excluding carboxylic acids is 1. The van der Waals surface area contributed by atoms with Crippen LogP contribution in [0.1, 0.15) is 15.9 Å². The molecule has 2 aromatic carbocycles. The second kappa shape index (κ2) is 4.44. The Kier molecular flexibility index (Phi) is 2.76. The van der Waals surface area contributed by atoms with E-state index in [9.17, 15) is 4.79 Å². The summed E-state index contributed by atoms with van der Waals surface area (Å²) in [6.07, 6.45) is 1.67. The van der Waals surface area contributed by atoms with Crippen LogP contribution in [0.5, 0.6) is 0 Å². The van der Waals surface area contributed by atoms with Crippen molar-refractivity contribution in [3.05, 3.63) is 64.8 Å². The summed E-state index contributed by atoms with van der Waals surface area (Å²) in [6.45, 7) is 0. The number of anilines is 1. The maximum atomic E-state index is 12.5. The molecule has 0 aliphatic carbocycles. The number of ketones is 1. The number of halogens is 1. The smallest absolute Gasteiger partial charge is 0.195 e. The third-order valence-electron chi connectivity index (χ3n) is 3.11. The molecule has 0 unspecified atom stereocenters. The molecule has 0 amide bonds. The number of hydrogen-bond acceptors (Lipinski definition) is 2. The van der Waals surface area contributed by atoms with Gasteiger partial charge in [-0.3, -0.25) is 4.79 Å². The van der Waals surface area contributed by atoms with Gasteiger partial charge < -0.3 is 10.7 Å². The van der Waals surface area contributed by atoms with Gasteiger partial charge in [0.2, 0.25) is 0 Å². The van der Waals surface area contributed by atoms with E-state index in [0.29, 0.717) is 27.2 Å². The first kappa shape index (κ1) is 11.8. The average Bonchev–Trinajstić information content (AvgIpc) is 2.88. The number of aromatic nitrogens is 1. The normalized spacial score (nSPS) is 10.8. The number of carbonyl (C=O) groups is 1. The Bertz CT molecular complexity index is 762. The van der Waals surface area contributed by atoms with E-state index >= 15 is 0 Å². The molecular weight excluding hydrogens is 260 g/mol. The van der Waals surface area contributed by atoms with Crippen molar-refractivity contribution in [1.29, 1.82) is 0 Å². The van der Waals surface area contributed by atoms with E-state index in [0.717, 1.165) is 5.52 Å². The number of nitrogens with two attached hydrogens (primary N) is 1. The first-order valence-electron chi connectivity index (χ1n) is 5.83. The van der Waals surface area contributed by atoms with Crippen molar-refractivity contribution in [3.8, 4) is 0 Å². The van der Waals surface area contributed by atoms with Crippen molar-refractivity contribution >= 4 is 34.0 Å². The Labute approximate surface area is 115 Å². The van der Waals surface area contributed by atoms with Gasteiger partial charge in [-0.2, -0.15) is 0 Å². The number of nitrogens with one attached hydrogen (secondary N) is 1. The zero-order valence-electron chi connectivity index (χ0n) is 9.98. The van der Waals surface area contributed by atoms with Crippen molar-refractivity contribution < 1.29 is 4.79 Å². The maximum absolute atomic E-state index is 12.5. The van der Waals surface area contributed by atoms with Crippen LogP contribution in [0.25, 0.3) is 10.9 Å². The number of fused-ring (bicyclic) bond motifs is 1. The molecule has 1 aromatic heterocycles. The molecule has 94 valence electrons. The molecule has 0 aliphatic heterocycles. The molecule has 1 heterocycles. The minimum Gasteiger partial charge on any atom is -0.397 e. The zero-order chi connectivity index (χ0) is 13.4. The summed E-state index contributed by atoms with van der Waals surface area (Å²) in [5.41, 5.74) is 8.38. The van der Waals surface area contributed by atoms with Crippen LogP contribution in [0.3, 0.4) is 0 Å². The van der Waals surface area contributed by atoms with E-state index in [1.54, 1.807) is 24.4 Å². The van der Waals surface area contributed by atoms with Gasteiger partial charge >= 0.3 is 0 Å². The van der Waals surface area contributed by atoms with Crippen LogP contribution in [0.2, 0.25) is 5.02 Å². The lowest BCUT2D eigenvalue weighted by Gasteiger charge is -2.03. The lowest BCUT2D eigenvalue weighted by molar-refractivity contribution is 0.104. The van der Waals surface area contributed by atoms with E-state index in [1.165, 1.54) is 0 Å². The predicted molar refractivity (Wildman–Crippen MR) is 77.6 cm³/mol. The molecule has 0 bridgehead atoms. The molecule has 19 heavy (non-hydrogen) atoms. The lowest BCUT2D eigenvalue weighted by atomic mass is 10.0. The summed E-state index contributed by atoms with van der Waals surface area (Å²) < 4.78 is 0.